The zero-order chi connectivity index (χ0) is 14.6. The highest BCUT2D eigenvalue weighted by atomic mass is 16.6. The summed E-state index contributed by atoms with van der Waals surface area (Å²) in [5, 5.41) is 27.3. The van der Waals surface area contributed by atoms with Crippen LogP contribution in [0.4, 0.5) is 0 Å². The van der Waals surface area contributed by atoms with E-state index in [9.17, 15) is 14.7 Å². The van der Waals surface area contributed by atoms with Gasteiger partial charge in [0.1, 0.15) is 11.7 Å². The molecule has 0 aliphatic rings. The number of aromatic carboxylic acids is 1. The van der Waals surface area contributed by atoms with Crippen LogP contribution in [0.2, 0.25) is 0 Å². The van der Waals surface area contributed by atoms with E-state index in [2.05, 4.69) is 0 Å². The van der Waals surface area contributed by atoms with E-state index in [4.69, 9.17) is 14.9 Å². The van der Waals surface area contributed by atoms with E-state index in [1.165, 1.54) is 38.1 Å². The van der Waals surface area contributed by atoms with Crippen molar-refractivity contribution in [1.29, 1.82) is 0 Å². The van der Waals surface area contributed by atoms with Gasteiger partial charge in [-0.25, -0.2) is 9.59 Å². The second-order valence-electron chi connectivity index (χ2n) is 4.54. The average Bonchev–Trinajstić information content (AvgIpc) is 2.37. The van der Waals surface area contributed by atoms with Crippen LogP contribution in [0.15, 0.2) is 24.3 Å². The number of hydrogen-bond acceptors (Lipinski definition) is 5. The van der Waals surface area contributed by atoms with Crippen molar-refractivity contribution >= 4 is 11.9 Å². The number of carbonyl (C=O) groups is 2. The van der Waals surface area contributed by atoms with Crippen molar-refractivity contribution in [3.8, 4) is 0 Å². The van der Waals surface area contributed by atoms with Gasteiger partial charge in [0.2, 0.25) is 0 Å². The Labute approximate surface area is 110 Å². The van der Waals surface area contributed by atoms with E-state index < -0.39 is 30.3 Å². The second-order valence-corrected chi connectivity index (χ2v) is 4.54. The summed E-state index contributed by atoms with van der Waals surface area (Å²) < 4.78 is 5.06. The Morgan fingerprint density at radius 3 is 2.26 bits per heavy atom. The van der Waals surface area contributed by atoms with Gasteiger partial charge in [-0.3, -0.25) is 0 Å². The molecule has 0 saturated heterocycles. The second kappa shape index (κ2) is 5.81. The van der Waals surface area contributed by atoms with Crippen LogP contribution in [0, 0.1) is 0 Å². The lowest BCUT2D eigenvalue weighted by molar-refractivity contribution is -0.0852. The van der Waals surface area contributed by atoms with Crippen molar-refractivity contribution in [2.24, 2.45) is 0 Å². The number of hydrogen-bond donors (Lipinski definition) is 3. The molecule has 3 N–H and O–H groups in total. The Morgan fingerprint density at radius 2 is 1.79 bits per heavy atom. The number of carboxylic acids is 1. The lowest BCUT2D eigenvalue weighted by Gasteiger charge is -2.29. The number of benzene rings is 1. The van der Waals surface area contributed by atoms with Crippen molar-refractivity contribution in [2.75, 3.05) is 6.61 Å². The molecule has 1 rings (SSSR count). The molecule has 0 amide bonds. The number of carbonyl (C=O) groups excluding carboxylic acids is 1. The Hall–Kier alpha value is -1.92. The summed E-state index contributed by atoms with van der Waals surface area (Å²) in [7, 11) is 0. The number of ether oxygens (including phenoxy) is 1. The van der Waals surface area contributed by atoms with E-state index in [1.54, 1.807) is 0 Å². The lowest BCUT2D eigenvalue weighted by Crippen LogP contribution is -2.43. The first kappa shape index (κ1) is 15.1. The first-order valence-corrected chi connectivity index (χ1v) is 5.64. The van der Waals surface area contributed by atoms with Gasteiger partial charge < -0.3 is 20.1 Å². The highest BCUT2D eigenvalue weighted by Crippen LogP contribution is 2.19. The Balaban J connectivity index is 2.99. The quantitative estimate of drug-likeness (QED) is 0.678. The van der Waals surface area contributed by atoms with Crippen LogP contribution in [-0.2, 0) is 4.74 Å². The Kier molecular flexibility index (Phi) is 4.63. The number of aliphatic hydroxyl groups is 2. The van der Waals surface area contributed by atoms with Crippen LogP contribution in [0.1, 0.15) is 34.6 Å². The maximum absolute atomic E-state index is 11.9. The van der Waals surface area contributed by atoms with E-state index in [1.807, 2.05) is 0 Å². The third kappa shape index (κ3) is 3.52. The van der Waals surface area contributed by atoms with Crippen molar-refractivity contribution in [3.05, 3.63) is 35.4 Å². The number of aliphatic hydroxyl groups excluding tert-OH is 2. The van der Waals surface area contributed by atoms with Crippen LogP contribution in [0.5, 0.6) is 0 Å². The van der Waals surface area contributed by atoms with Crippen LogP contribution in [0.25, 0.3) is 0 Å². The standard InChI is InChI=1S/C13H16O6/c1-13(2,10(15)7-14)19-12(18)9-6-4-3-5-8(9)11(16)17/h3-6,10,14-15H,7H2,1-2H3,(H,16,17). The summed E-state index contributed by atoms with van der Waals surface area (Å²) in [6.45, 7) is 2.28. The summed E-state index contributed by atoms with van der Waals surface area (Å²) in [5.41, 5.74) is -1.60. The van der Waals surface area contributed by atoms with Gasteiger partial charge in [-0.15, -0.1) is 0 Å². The third-order valence-electron chi connectivity index (χ3n) is 2.71. The van der Waals surface area contributed by atoms with Gasteiger partial charge in [-0.05, 0) is 26.0 Å². The molecule has 0 bridgehead atoms. The molecule has 0 spiro atoms. The molecule has 6 nitrogen and oxygen atoms in total. The fourth-order valence-corrected chi connectivity index (χ4v) is 1.43. The van der Waals surface area contributed by atoms with Gasteiger partial charge in [0.05, 0.1) is 17.7 Å². The van der Waals surface area contributed by atoms with Gasteiger partial charge in [-0.2, -0.15) is 0 Å². The molecule has 0 radical (unpaired) electrons. The SMILES string of the molecule is CC(C)(OC(=O)c1ccccc1C(=O)O)C(O)CO. The monoisotopic (exact) mass is 268 g/mol. The molecular formula is C13H16O6. The molecule has 1 aromatic rings. The molecule has 1 aromatic carbocycles. The minimum atomic E-state index is -1.32. The minimum Gasteiger partial charge on any atom is -0.478 e. The largest absolute Gasteiger partial charge is 0.478 e. The molecule has 0 aliphatic heterocycles. The minimum absolute atomic E-state index is 0.104. The van der Waals surface area contributed by atoms with E-state index in [-0.39, 0.29) is 11.1 Å². The predicted octanol–water partition coefficient (Wildman–Crippen LogP) is 0.673. The van der Waals surface area contributed by atoms with E-state index in [0.717, 1.165) is 0 Å². The highest BCUT2D eigenvalue weighted by Gasteiger charge is 2.32. The topological polar surface area (TPSA) is 104 Å². The fourth-order valence-electron chi connectivity index (χ4n) is 1.43. The first-order chi connectivity index (χ1) is 8.79. The zero-order valence-corrected chi connectivity index (χ0v) is 10.7. The summed E-state index contributed by atoms with van der Waals surface area (Å²) in [4.78, 5) is 22.9. The van der Waals surface area contributed by atoms with Gasteiger partial charge in [0.25, 0.3) is 0 Å². The summed E-state index contributed by atoms with van der Waals surface area (Å²) in [5.74, 6) is -2.11. The molecular weight excluding hydrogens is 252 g/mol. The summed E-state index contributed by atoms with van der Waals surface area (Å²) >= 11 is 0. The van der Waals surface area contributed by atoms with Gasteiger partial charge in [0, 0.05) is 0 Å². The van der Waals surface area contributed by atoms with Crippen molar-refractivity contribution < 1.29 is 29.6 Å². The maximum Gasteiger partial charge on any atom is 0.339 e. The molecule has 0 fully saturated rings. The van der Waals surface area contributed by atoms with Crippen LogP contribution in [0.3, 0.4) is 0 Å². The molecule has 104 valence electrons. The normalized spacial score (nSPS) is 12.8. The molecule has 0 saturated carbocycles. The lowest BCUT2D eigenvalue weighted by atomic mass is 10.0. The number of carboxylic acid groups (broad SMARTS) is 1. The Morgan fingerprint density at radius 1 is 1.26 bits per heavy atom. The zero-order valence-electron chi connectivity index (χ0n) is 10.7. The third-order valence-corrected chi connectivity index (χ3v) is 2.71. The first-order valence-electron chi connectivity index (χ1n) is 5.64. The molecule has 0 heterocycles. The summed E-state index contributed by atoms with van der Waals surface area (Å²) in [6, 6.07) is 5.62. The molecule has 6 heteroatoms. The maximum atomic E-state index is 11.9. The van der Waals surface area contributed by atoms with Gasteiger partial charge in [-0.1, -0.05) is 12.1 Å². The van der Waals surface area contributed by atoms with Crippen molar-refractivity contribution in [2.45, 2.75) is 25.6 Å². The molecule has 19 heavy (non-hydrogen) atoms. The van der Waals surface area contributed by atoms with Crippen molar-refractivity contribution in [3.63, 3.8) is 0 Å². The summed E-state index contributed by atoms with van der Waals surface area (Å²) in [6.07, 6.45) is -1.26. The smallest absolute Gasteiger partial charge is 0.339 e. The fraction of sp³-hybridized carbons (Fsp3) is 0.385. The van der Waals surface area contributed by atoms with Crippen LogP contribution < -0.4 is 0 Å². The number of esters is 1. The van der Waals surface area contributed by atoms with Crippen LogP contribution in [-0.4, -0.2) is 45.6 Å². The van der Waals surface area contributed by atoms with E-state index in [0.29, 0.717) is 0 Å². The molecule has 0 aromatic heterocycles. The molecule has 1 atom stereocenters. The average molecular weight is 268 g/mol. The molecule has 0 aliphatic carbocycles. The van der Waals surface area contributed by atoms with Gasteiger partial charge in [0.15, 0.2) is 0 Å². The Bertz CT molecular complexity index is 480. The highest BCUT2D eigenvalue weighted by molar-refractivity contribution is 6.02. The number of rotatable bonds is 5. The van der Waals surface area contributed by atoms with E-state index >= 15 is 0 Å². The molecule has 1 unspecified atom stereocenters. The van der Waals surface area contributed by atoms with Gasteiger partial charge >= 0.3 is 11.9 Å². The van der Waals surface area contributed by atoms with Crippen molar-refractivity contribution in [1.82, 2.24) is 0 Å². The predicted molar refractivity (Wildman–Crippen MR) is 66.0 cm³/mol. The van der Waals surface area contributed by atoms with Crippen LogP contribution >= 0.6 is 0 Å².